The van der Waals surface area contributed by atoms with E-state index in [1.54, 1.807) is 72.1 Å². The van der Waals surface area contributed by atoms with Crippen LogP contribution in [-0.4, -0.2) is 51.8 Å². The Hall–Kier alpha value is -2.89. The van der Waals surface area contributed by atoms with Crippen LogP contribution in [0.25, 0.3) is 0 Å². The van der Waals surface area contributed by atoms with Crippen molar-refractivity contribution in [2.75, 3.05) is 18.3 Å². The fourth-order valence-electron chi connectivity index (χ4n) is 2.48. The molecule has 0 fully saturated rings. The fraction of sp³-hybridized carbons (Fsp3) is 0.478. The van der Waals surface area contributed by atoms with Crippen molar-refractivity contribution in [1.29, 1.82) is 0 Å². The van der Waals surface area contributed by atoms with E-state index in [0.717, 1.165) is 0 Å². The average molecular weight is 494 g/mol. The van der Waals surface area contributed by atoms with E-state index >= 15 is 0 Å². The van der Waals surface area contributed by atoms with Crippen molar-refractivity contribution in [3.8, 4) is 11.6 Å². The van der Waals surface area contributed by atoms with E-state index < -0.39 is 29.7 Å². The van der Waals surface area contributed by atoms with E-state index in [4.69, 9.17) is 18.9 Å². The van der Waals surface area contributed by atoms with Gasteiger partial charge in [-0.3, -0.25) is 0 Å². The molecular formula is C23H31N3O7S. The highest BCUT2D eigenvalue weighted by Crippen LogP contribution is 2.29. The highest BCUT2D eigenvalue weighted by molar-refractivity contribution is 7.98. The van der Waals surface area contributed by atoms with Crippen LogP contribution in [0.3, 0.4) is 0 Å². The predicted molar refractivity (Wildman–Crippen MR) is 127 cm³/mol. The molecule has 1 N–H and O–H groups in total. The van der Waals surface area contributed by atoms with Gasteiger partial charge in [0.15, 0.2) is 17.3 Å². The molecule has 1 heterocycles. The van der Waals surface area contributed by atoms with E-state index in [-0.39, 0.29) is 16.9 Å². The summed E-state index contributed by atoms with van der Waals surface area (Å²) in [6.45, 7) is 10.1. The second-order valence-corrected chi connectivity index (χ2v) is 9.88. The Bertz CT molecular complexity index is 973. The second-order valence-electron chi connectivity index (χ2n) is 9.11. The zero-order valence-electron chi connectivity index (χ0n) is 20.6. The van der Waals surface area contributed by atoms with Crippen molar-refractivity contribution in [3.63, 3.8) is 0 Å². The number of anilines is 1. The van der Waals surface area contributed by atoms with Crippen molar-refractivity contribution in [2.24, 2.45) is 0 Å². The average Bonchev–Trinajstić information content (AvgIpc) is 2.71. The number of aliphatic hydroxyl groups is 1. The number of hydrogen-bond acceptors (Lipinski definition) is 10. The van der Waals surface area contributed by atoms with Crippen LogP contribution < -0.4 is 9.64 Å². The largest absolute Gasteiger partial charge is 0.443 e. The molecule has 10 nitrogen and oxygen atoms in total. The molecule has 0 spiro atoms. The van der Waals surface area contributed by atoms with Crippen molar-refractivity contribution < 1.29 is 33.6 Å². The van der Waals surface area contributed by atoms with Gasteiger partial charge < -0.3 is 24.1 Å². The number of amides is 2. The maximum Gasteiger partial charge on any atom is 0.425 e. The Labute approximate surface area is 203 Å². The van der Waals surface area contributed by atoms with Gasteiger partial charge in [0.1, 0.15) is 17.0 Å². The van der Waals surface area contributed by atoms with E-state index in [0.29, 0.717) is 16.2 Å². The number of thioether (sulfide) groups is 1. The Morgan fingerprint density at radius 1 is 0.971 bits per heavy atom. The zero-order valence-corrected chi connectivity index (χ0v) is 21.4. The van der Waals surface area contributed by atoms with E-state index in [2.05, 4.69) is 9.97 Å². The third-order valence-electron chi connectivity index (χ3n) is 3.84. The number of aliphatic hydroxyl groups excluding tert-OH is 1. The van der Waals surface area contributed by atoms with Gasteiger partial charge in [-0.05, 0) is 59.9 Å². The van der Waals surface area contributed by atoms with Crippen LogP contribution in [0.5, 0.6) is 11.6 Å². The Morgan fingerprint density at radius 2 is 1.50 bits per heavy atom. The lowest BCUT2D eigenvalue weighted by Gasteiger charge is -2.28. The van der Waals surface area contributed by atoms with Crippen LogP contribution in [-0.2, 0) is 14.2 Å². The molecule has 0 bridgehead atoms. The predicted octanol–water partition coefficient (Wildman–Crippen LogP) is 5.30. The summed E-state index contributed by atoms with van der Waals surface area (Å²) in [5, 5.41) is 10.0. The first-order chi connectivity index (χ1) is 15.7. The van der Waals surface area contributed by atoms with Crippen LogP contribution >= 0.6 is 11.8 Å². The summed E-state index contributed by atoms with van der Waals surface area (Å²) in [4.78, 5) is 35.2. The van der Waals surface area contributed by atoms with E-state index in [1.807, 2.05) is 0 Å². The molecule has 2 aromatic rings. The first kappa shape index (κ1) is 27.4. The number of hydrogen-bond donors (Lipinski definition) is 1. The van der Waals surface area contributed by atoms with E-state index in [1.165, 1.54) is 24.9 Å². The normalized spacial score (nSPS) is 12.6. The number of benzene rings is 1. The summed E-state index contributed by atoms with van der Waals surface area (Å²) in [5.74, 6) is 0.431. The Morgan fingerprint density at radius 3 is 1.94 bits per heavy atom. The summed E-state index contributed by atoms with van der Waals surface area (Å²) in [5.41, 5.74) is -1.18. The van der Waals surface area contributed by atoms with E-state index in [9.17, 15) is 14.7 Å². The number of imide groups is 1. The molecule has 0 aliphatic heterocycles. The quantitative estimate of drug-likeness (QED) is 0.322. The van der Waals surface area contributed by atoms with Gasteiger partial charge >= 0.3 is 12.2 Å². The number of rotatable bonds is 6. The molecule has 2 amide bonds. The smallest absolute Gasteiger partial charge is 0.425 e. The van der Waals surface area contributed by atoms with Crippen molar-refractivity contribution in [1.82, 2.24) is 9.97 Å². The number of aromatic nitrogens is 2. The molecule has 186 valence electrons. The van der Waals surface area contributed by atoms with Crippen molar-refractivity contribution >= 4 is 29.8 Å². The summed E-state index contributed by atoms with van der Waals surface area (Å²) in [7, 11) is 1.39. The minimum absolute atomic E-state index is 0.0655. The Balaban J connectivity index is 2.45. The molecule has 11 heteroatoms. The number of methoxy groups -OCH3 is 1. The molecular weight excluding hydrogens is 462 g/mol. The molecule has 1 aromatic heterocycles. The van der Waals surface area contributed by atoms with Gasteiger partial charge in [0.2, 0.25) is 5.88 Å². The highest BCUT2D eigenvalue weighted by atomic mass is 32.2. The molecule has 0 radical (unpaired) electrons. The number of carbonyl (C=O) groups excluding carboxylic acids is 2. The topological polar surface area (TPSA) is 120 Å². The first-order valence-electron chi connectivity index (χ1n) is 10.4. The second kappa shape index (κ2) is 11.0. The Kier molecular flexibility index (Phi) is 8.87. The number of carbonyl (C=O) groups is 2. The maximum atomic E-state index is 12.9. The fourth-order valence-corrected chi connectivity index (χ4v) is 2.85. The van der Waals surface area contributed by atoms with Gasteiger partial charge in [-0.25, -0.2) is 14.6 Å². The number of nitrogens with zero attached hydrogens (tertiary/aromatic N) is 3. The van der Waals surface area contributed by atoms with Gasteiger partial charge in [-0.1, -0.05) is 23.9 Å². The highest BCUT2D eigenvalue weighted by Gasteiger charge is 2.34. The molecule has 0 saturated heterocycles. The van der Waals surface area contributed by atoms with Gasteiger partial charge in [0.05, 0.1) is 0 Å². The van der Waals surface area contributed by atoms with Crippen molar-refractivity contribution in [2.45, 2.75) is 64.2 Å². The lowest BCUT2D eigenvalue weighted by molar-refractivity contribution is -0.0769. The lowest BCUT2D eigenvalue weighted by atomic mass is 10.2. The molecule has 0 aliphatic rings. The molecule has 34 heavy (non-hydrogen) atoms. The lowest BCUT2D eigenvalue weighted by Crippen LogP contribution is -2.44. The van der Waals surface area contributed by atoms with Crippen LogP contribution in [0.4, 0.5) is 15.4 Å². The van der Waals surface area contributed by atoms with Crippen molar-refractivity contribution in [3.05, 3.63) is 35.9 Å². The summed E-state index contributed by atoms with van der Waals surface area (Å²) < 4.78 is 21.5. The van der Waals surface area contributed by atoms with Gasteiger partial charge in [0.25, 0.3) is 0 Å². The molecule has 1 unspecified atom stereocenters. The first-order valence-corrected chi connectivity index (χ1v) is 11.6. The molecule has 0 saturated carbocycles. The monoisotopic (exact) mass is 493 g/mol. The summed E-state index contributed by atoms with van der Waals surface area (Å²) in [6, 6.07) is 7.85. The summed E-state index contributed by atoms with van der Waals surface area (Å²) >= 11 is 1.20. The minimum atomic E-state index is -1.06. The van der Waals surface area contributed by atoms with Crippen LogP contribution in [0.2, 0.25) is 0 Å². The standard InChI is InChI=1S/C23H31N3O7S/c1-22(2,3)32-20(28)26(21(29)33-23(4,5)6)16-13-17(25-19(24-16)34-8)31-15-11-9-14(10-12-15)18(27)30-7/h9-13,18,27H,1-8H3. The SMILES string of the molecule is COC(O)c1ccc(Oc2cc(N(C(=O)OC(C)(C)C)C(=O)OC(C)(C)C)nc(SC)n2)cc1. The zero-order chi connectivity index (χ0) is 25.7. The number of ether oxygens (including phenoxy) is 4. The third kappa shape index (κ3) is 8.15. The maximum absolute atomic E-state index is 12.9. The van der Waals surface area contributed by atoms with Crippen LogP contribution in [0, 0.1) is 0 Å². The van der Waals surface area contributed by atoms with Gasteiger partial charge in [-0.15, -0.1) is 0 Å². The van der Waals surface area contributed by atoms with Gasteiger partial charge in [-0.2, -0.15) is 9.88 Å². The summed E-state index contributed by atoms with van der Waals surface area (Å²) in [6.07, 6.45) is -1.21. The molecule has 0 aliphatic carbocycles. The minimum Gasteiger partial charge on any atom is -0.443 e. The third-order valence-corrected chi connectivity index (χ3v) is 4.39. The van der Waals surface area contributed by atoms with Gasteiger partial charge in [0, 0.05) is 18.7 Å². The van der Waals surface area contributed by atoms with Crippen LogP contribution in [0.15, 0.2) is 35.5 Å². The molecule has 1 aromatic carbocycles. The van der Waals surface area contributed by atoms with Crippen LogP contribution in [0.1, 0.15) is 53.4 Å². The molecule has 1 atom stereocenters. The molecule has 2 rings (SSSR count).